The molecule has 118 valence electrons. The van der Waals surface area contributed by atoms with Crippen LogP contribution in [0.4, 0.5) is 0 Å². The maximum atomic E-state index is 12.1. The summed E-state index contributed by atoms with van der Waals surface area (Å²) in [5.41, 5.74) is 0.895. The number of thioether (sulfide) groups is 1. The summed E-state index contributed by atoms with van der Waals surface area (Å²) in [7, 11) is 0. The lowest BCUT2D eigenvalue weighted by Crippen LogP contribution is -2.27. The fourth-order valence-electron chi connectivity index (χ4n) is 2.29. The van der Waals surface area contributed by atoms with Gasteiger partial charge in [-0.05, 0) is 32.0 Å². The zero-order valence-corrected chi connectivity index (χ0v) is 13.8. The first-order chi connectivity index (χ1) is 11.1. The van der Waals surface area contributed by atoms with Crippen LogP contribution in [0.2, 0.25) is 0 Å². The van der Waals surface area contributed by atoms with Crippen LogP contribution in [0.25, 0.3) is 10.9 Å². The molecule has 2 heterocycles. The number of benzene rings is 1. The lowest BCUT2D eigenvalue weighted by Gasteiger charge is -2.11. The molecule has 0 aliphatic carbocycles. The topological polar surface area (TPSA) is 68.0 Å². The van der Waals surface area contributed by atoms with Crippen LogP contribution in [0.5, 0.6) is 0 Å². The van der Waals surface area contributed by atoms with E-state index in [1.54, 1.807) is 6.26 Å². The summed E-state index contributed by atoms with van der Waals surface area (Å²) in [5, 5.41) is 4.71. The molecule has 6 heteroatoms. The first kappa shape index (κ1) is 15.6. The summed E-state index contributed by atoms with van der Waals surface area (Å²) in [6.07, 6.45) is 1.60. The van der Waals surface area contributed by atoms with Crippen LogP contribution in [0.15, 0.2) is 52.1 Å². The van der Waals surface area contributed by atoms with E-state index >= 15 is 0 Å². The lowest BCUT2D eigenvalue weighted by molar-refractivity contribution is -0.119. The largest absolute Gasteiger partial charge is 0.467 e. The molecule has 0 saturated carbocycles. The zero-order chi connectivity index (χ0) is 16.2. The number of nitrogens with one attached hydrogen (secondary N) is 1. The van der Waals surface area contributed by atoms with Crippen LogP contribution in [0, 0.1) is 6.92 Å². The highest BCUT2D eigenvalue weighted by molar-refractivity contribution is 8.00. The van der Waals surface area contributed by atoms with Gasteiger partial charge in [0.1, 0.15) is 16.6 Å². The minimum Gasteiger partial charge on any atom is -0.467 e. The third-order valence-corrected chi connectivity index (χ3v) is 4.36. The summed E-state index contributed by atoms with van der Waals surface area (Å²) in [6, 6.07) is 11.3. The molecular formula is C17H17N3O2S. The molecule has 0 spiro atoms. The van der Waals surface area contributed by atoms with Crippen molar-refractivity contribution in [2.75, 3.05) is 5.75 Å². The normalized spacial score (nSPS) is 12.3. The van der Waals surface area contributed by atoms with E-state index < -0.39 is 0 Å². The zero-order valence-electron chi connectivity index (χ0n) is 12.9. The maximum absolute atomic E-state index is 12.1. The number of nitrogens with zero attached hydrogens (tertiary/aromatic N) is 2. The van der Waals surface area contributed by atoms with Crippen LogP contribution < -0.4 is 5.32 Å². The Morgan fingerprint density at radius 2 is 2.09 bits per heavy atom. The Balaban J connectivity index is 1.67. The van der Waals surface area contributed by atoms with Gasteiger partial charge in [0.15, 0.2) is 0 Å². The molecule has 3 aromatic rings. The Kier molecular flexibility index (Phi) is 4.62. The number of aryl methyl sites for hydroxylation is 1. The first-order valence-electron chi connectivity index (χ1n) is 7.32. The average molecular weight is 327 g/mol. The van der Waals surface area contributed by atoms with Crippen molar-refractivity contribution >= 4 is 28.6 Å². The highest BCUT2D eigenvalue weighted by Gasteiger charge is 2.13. The highest BCUT2D eigenvalue weighted by atomic mass is 32.2. The molecule has 0 saturated heterocycles. The predicted molar refractivity (Wildman–Crippen MR) is 90.3 cm³/mol. The Hall–Kier alpha value is -2.34. The summed E-state index contributed by atoms with van der Waals surface area (Å²) in [5.74, 6) is 1.69. The number of furan rings is 1. The van der Waals surface area contributed by atoms with E-state index in [0.717, 1.165) is 21.7 Å². The Labute approximate surface area is 138 Å². The second-order valence-corrected chi connectivity index (χ2v) is 6.15. The quantitative estimate of drug-likeness (QED) is 0.574. The smallest absolute Gasteiger partial charge is 0.230 e. The number of fused-ring (bicyclic) bond motifs is 1. The van der Waals surface area contributed by atoms with E-state index in [9.17, 15) is 4.79 Å². The van der Waals surface area contributed by atoms with E-state index in [0.29, 0.717) is 11.6 Å². The number of carbonyl (C=O) groups excluding carboxylic acids is 1. The van der Waals surface area contributed by atoms with Gasteiger partial charge in [0.05, 0.1) is 23.6 Å². The molecular weight excluding hydrogens is 310 g/mol. The van der Waals surface area contributed by atoms with Crippen LogP contribution in [-0.4, -0.2) is 21.6 Å². The van der Waals surface area contributed by atoms with Gasteiger partial charge in [-0.25, -0.2) is 9.97 Å². The van der Waals surface area contributed by atoms with Gasteiger partial charge >= 0.3 is 0 Å². The molecule has 1 amide bonds. The number of carbonyl (C=O) groups is 1. The number of hydrogen-bond acceptors (Lipinski definition) is 5. The standard InChI is InChI=1S/C17H17N3O2S/c1-11(15-8-5-9-22-15)18-16(21)10-23-17-13-6-3-4-7-14(13)19-12(2)20-17/h3-9,11H,10H2,1-2H3,(H,18,21). The molecule has 1 aromatic carbocycles. The second-order valence-electron chi connectivity index (χ2n) is 5.19. The van der Waals surface area contributed by atoms with Gasteiger partial charge in [0, 0.05) is 5.39 Å². The maximum Gasteiger partial charge on any atom is 0.230 e. The highest BCUT2D eigenvalue weighted by Crippen LogP contribution is 2.25. The number of para-hydroxylation sites is 1. The molecule has 23 heavy (non-hydrogen) atoms. The molecule has 3 rings (SSSR count). The fraction of sp³-hybridized carbons (Fsp3) is 0.235. The van der Waals surface area contributed by atoms with E-state index in [1.165, 1.54) is 11.8 Å². The predicted octanol–water partition coefficient (Wildman–Crippen LogP) is 3.50. The molecule has 1 atom stereocenters. The molecule has 2 aromatic heterocycles. The number of aromatic nitrogens is 2. The Morgan fingerprint density at radius 3 is 2.87 bits per heavy atom. The molecule has 0 aliphatic heterocycles. The molecule has 5 nitrogen and oxygen atoms in total. The average Bonchev–Trinajstić information content (AvgIpc) is 3.07. The van der Waals surface area contributed by atoms with Crippen LogP contribution in [-0.2, 0) is 4.79 Å². The van der Waals surface area contributed by atoms with Crippen molar-refractivity contribution in [3.63, 3.8) is 0 Å². The number of hydrogen-bond donors (Lipinski definition) is 1. The van der Waals surface area contributed by atoms with Gasteiger partial charge in [0.25, 0.3) is 0 Å². The van der Waals surface area contributed by atoms with E-state index in [2.05, 4.69) is 15.3 Å². The lowest BCUT2D eigenvalue weighted by atomic mass is 10.2. The van der Waals surface area contributed by atoms with Crippen molar-refractivity contribution in [2.24, 2.45) is 0 Å². The van der Waals surface area contributed by atoms with Gasteiger partial charge in [-0.2, -0.15) is 0 Å². The van der Waals surface area contributed by atoms with Crippen LogP contribution in [0.3, 0.4) is 0 Å². The van der Waals surface area contributed by atoms with Gasteiger partial charge in [-0.15, -0.1) is 0 Å². The third kappa shape index (κ3) is 3.71. The Bertz CT molecular complexity index is 818. The third-order valence-electron chi connectivity index (χ3n) is 3.37. The molecule has 1 N–H and O–H groups in total. The summed E-state index contributed by atoms with van der Waals surface area (Å²) < 4.78 is 5.29. The van der Waals surface area contributed by atoms with E-state index in [1.807, 2.05) is 50.2 Å². The van der Waals surface area contributed by atoms with Gasteiger partial charge in [0.2, 0.25) is 5.91 Å². The van der Waals surface area contributed by atoms with Crippen molar-refractivity contribution in [3.05, 3.63) is 54.2 Å². The molecule has 1 unspecified atom stereocenters. The monoisotopic (exact) mass is 327 g/mol. The van der Waals surface area contributed by atoms with Crippen molar-refractivity contribution in [1.29, 1.82) is 0 Å². The minimum absolute atomic E-state index is 0.0563. The SMILES string of the molecule is Cc1nc(SCC(=O)NC(C)c2ccco2)c2ccccc2n1. The molecule has 0 bridgehead atoms. The van der Waals surface area contributed by atoms with Crippen molar-refractivity contribution < 1.29 is 9.21 Å². The van der Waals surface area contributed by atoms with Crippen molar-refractivity contribution in [3.8, 4) is 0 Å². The van der Waals surface area contributed by atoms with Crippen molar-refractivity contribution in [2.45, 2.75) is 24.9 Å². The summed E-state index contributed by atoms with van der Waals surface area (Å²) in [6.45, 7) is 3.75. The fourth-order valence-corrected chi connectivity index (χ4v) is 3.17. The summed E-state index contributed by atoms with van der Waals surface area (Å²) >= 11 is 1.42. The van der Waals surface area contributed by atoms with Crippen LogP contribution in [0.1, 0.15) is 24.6 Å². The molecule has 0 radical (unpaired) electrons. The van der Waals surface area contributed by atoms with Crippen LogP contribution >= 0.6 is 11.8 Å². The molecule has 0 aliphatic rings. The van der Waals surface area contributed by atoms with E-state index in [-0.39, 0.29) is 11.9 Å². The van der Waals surface area contributed by atoms with E-state index in [4.69, 9.17) is 4.42 Å². The second kappa shape index (κ2) is 6.83. The number of rotatable bonds is 5. The first-order valence-corrected chi connectivity index (χ1v) is 8.31. The molecule has 0 fully saturated rings. The summed E-state index contributed by atoms with van der Waals surface area (Å²) in [4.78, 5) is 21.0. The van der Waals surface area contributed by atoms with Crippen molar-refractivity contribution in [1.82, 2.24) is 15.3 Å². The minimum atomic E-state index is -0.151. The Morgan fingerprint density at radius 1 is 1.26 bits per heavy atom. The van der Waals surface area contributed by atoms with Gasteiger partial charge < -0.3 is 9.73 Å². The van der Waals surface area contributed by atoms with Gasteiger partial charge in [-0.1, -0.05) is 30.0 Å². The van der Waals surface area contributed by atoms with Gasteiger partial charge in [-0.3, -0.25) is 4.79 Å². The number of amides is 1.